The Morgan fingerprint density at radius 1 is 0.966 bits per heavy atom. The van der Waals surface area contributed by atoms with Gasteiger partial charge >= 0.3 is 5.97 Å². The Hall–Kier alpha value is -3.68. The minimum absolute atomic E-state index is 0.211. The fraction of sp³-hybridized carbons (Fsp3) is 0.190. The van der Waals surface area contributed by atoms with Crippen LogP contribution in [-0.2, 0) is 0 Å². The minimum atomic E-state index is -0.963. The molecule has 1 fully saturated rings. The first kappa shape index (κ1) is 18.7. The molecule has 29 heavy (non-hydrogen) atoms. The van der Waals surface area contributed by atoms with E-state index in [1.165, 1.54) is 18.2 Å². The maximum absolute atomic E-state index is 14.0. The van der Waals surface area contributed by atoms with Crippen LogP contribution < -0.4 is 15.1 Å². The number of rotatable bonds is 5. The molecule has 7 nitrogen and oxygen atoms in total. The number of para-hydroxylation sites is 1. The van der Waals surface area contributed by atoms with Crippen LogP contribution in [-0.4, -0.2) is 47.2 Å². The van der Waals surface area contributed by atoms with Gasteiger partial charge in [-0.3, -0.25) is 0 Å². The highest BCUT2D eigenvalue weighted by atomic mass is 19.1. The number of nitrogens with one attached hydrogen (secondary N) is 1. The maximum Gasteiger partial charge on any atom is 0.335 e. The third-order valence-electron chi connectivity index (χ3n) is 4.80. The smallest absolute Gasteiger partial charge is 0.335 e. The molecule has 1 saturated heterocycles. The number of hydrogen-bond acceptors (Lipinski definition) is 6. The van der Waals surface area contributed by atoms with Crippen LogP contribution in [0.4, 0.5) is 27.5 Å². The largest absolute Gasteiger partial charge is 0.478 e. The van der Waals surface area contributed by atoms with Crippen molar-refractivity contribution in [2.75, 3.05) is 41.3 Å². The topological polar surface area (TPSA) is 81.6 Å². The summed E-state index contributed by atoms with van der Waals surface area (Å²) in [5.74, 6) is 0.0488. The van der Waals surface area contributed by atoms with E-state index in [4.69, 9.17) is 5.11 Å². The summed E-state index contributed by atoms with van der Waals surface area (Å²) >= 11 is 0. The Morgan fingerprint density at radius 3 is 2.34 bits per heavy atom. The summed E-state index contributed by atoms with van der Waals surface area (Å²) in [6.07, 6.45) is 1.68. The summed E-state index contributed by atoms with van der Waals surface area (Å²) in [6.45, 7) is 2.73. The average Bonchev–Trinajstić information content (AvgIpc) is 2.75. The van der Waals surface area contributed by atoms with E-state index in [-0.39, 0.29) is 11.4 Å². The van der Waals surface area contributed by atoms with Crippen molar-refractivity contribution in [3.05, 3.63) is 72.2 Å². The lowest BCUT2D eigenvalue weighted by Gasteiger charge is -2.36. The summed E-state index contributed by atoms with van der Waals surface area (Å²) in [5.41, 5.74) is 1.59. The Labute approximate surface area is 167 Å². The molecule has 2 heterocycles. The molecule has 0 atom stereocenters. The average molecular weight is 393 g/mol. The molecular weight excluding hydrogens is 373 g/mol. The lowest BCUT2D eigenvalue weighted by Crippen LogP contribution is -2.47. The predicted octanol–water partition coefficient (Wildman–Crippen LogP) is 3.38. The molecule has 0 saturated carbocycles. The van der Waals surface area contributed by atoms with Crippen LogP contribution in [0.5, 0.6) is 0 Å². The molecule has 0 spiro atoms. The van der Waals surface area contributed by atoms with E-state index in [0.717, 1.165) is 5.69 Å². The van der Waals surface area contributed by atoms with Crippen molar-refractivity contribution < 1.29 is 14.3 Å². The zero-order chi connectivity index (χ0) is 20.2. The van der Waals surface area contributed by atoms with E-state index in [2.05, 4.69) is 20.2 Å². The number of halogens is 1. The Kier molecular flexibility index (Phi) is 5.24. The molecule has 2 N–H and O–H groups in total. The standard InChI is InChI=1S/C21H20FN5O2/c22-17-3-1-2-4-18(17)26-11-13-27(14-12-26)21-23-10-9-19(25-21)24-16-7-5-15(6-8-16)20(28)29/h1-10H,11-14H2,(H,28,29)(H,23,24,25). The summed E-state index contributed by atoms with van der Waals surface area (Å²) < 4.78 is 14.0. The van der Waals surface area contributed by atoms with E-state index >= 15 is 0 Å². The van der Waals surface area contributed by atoms with Gasteiger partial charge in [-0.15, -0.1) is 0 Å². The van der Waals surface area contributed by atoms with Crippen LogP contribution in [0.25, 0.3) is 0 Å². The zero-order valence-electron chi connectivity index (χ0n) is 15.6. The van der Waals surface area contributed by atoms with Crippen molar-refractivity contribution in [3.63, 3.8) is 0 Å². The SMILES string of the molecule is O=C(O)c1ccc(Nc2ccnc(N3CCN(c4ccccc4F)CC3)n2)cc1. The number of carbonyl (C=O) groups is 1. The predicted molar refractivity (Wildman–Crippen MR) is 110 cm³/mol. The van der Waals surface area contributed by atoms with E-state index in [1.54, 1.807) is 36.5 Å². The molecule has 4 rings (SSSR count). The highest BCUT2D eigenvalue weighted by Gasteiger charge is 2.21. The molecule has 0 aliphatic carbocycles. The molecule has 148 valence electrons. The lowest BCUT2D eigenvalue weighted by atomic mass is 10.2. The molecule has 2 aromatic carbocycles. The van der Waals surface area contributed by atoms with E-state index in [9.17, 15) is 9.18 Å². The molecule has 0 bridgehead atoms. The quantitative estimate of drug-likeness (QED) is 0.688. The first-order valence-electron chi connectivity index (χ1n) is 9.28. The van der Waals surface area contributed by atoms with Gasteiger partial charge in [0.1, 0.15) is 11.6 Å². The maximum atomic E-state index is 14.0. The lowest BCUT2D eigenvalue weighted by molar-refractivity contribution is 0.0697. The van der Waals surface area contributed by atoms with Crippen LogP contribution in [0, 0.1) is 5.82 Å². The molecule has 1 aliphatic heterocycles. The first-order chi connectivity index (χ1) is 14.1. The van der Waals surface area contributed by atoms with E-state index in [1.807, 2.05) is 11.0 Å². The Bertz CT molecular complexity index is 1000. The first-order valence-corrected chi connectivity index (χ1v) is 9.28. The van der Waals surface area contributed by atoms with Gasteiger partial charge in [-0.2, -0.15) is 4.98 Å². The second-order valence-corrected chi connectivity index (χ2v) is 6.67. The van der Waals surface area contributed by atoms with Gasteiger partial charge in [-0.25, -0.2) is 14.2 Å². The second-order valence-electron chi connectivity index (χ2n) is 6.67. The van der Waals surface area contributed by atoms with Crippen molar-refractivity contribution in [1.29, 1.82) is 0 Å². The van der Waals surface area contributed by atoms with Gasteiger partial charge in [0.15, 0.2) is 0 Å². The normalized spacial score (nSPS) is 14.0. The van der Waals surface area contributed by atoms with Gasteiger partial charge in [-0.05, 0) is 42.5 Å². The third-order valence-corrected chi connectivity index (χ3v) is 4.80. The molecule has 3 aromatic rings. The van der Waals surface area contributed by atoms with Crippen molar-refractivity contribution in [2.24, 2.45) is 0 Å². The molecule has 8 heteroatoms. The van der Waals surface area contributed by atoms with E-state index in [0.29, 0.717) is 43.6 Å². The number of piperazine rings is 1. The summed E-state index contributed by atoms with van der Waals surface area (Å²) in [7, 11) is 0. The summed E-state index contributed by atoms with van der Waals surface area (Å²) in [4.78, 5) is 24.0. The van der Waals surface area contributed by atoms with Crippen molar-refractivity contribution in [2.45, 2.75) is 0 Å². The number of anilines is 4. The van der Waals surface area contributed by atoms with Gasteiger partial charge in [0.2, 0.25) is 5.95 Å². The van der Waals surface area contributed by atoms with Gasteiger partial charge in [0.05, 0.1) is 11.3 Å². The van der Waals surface area contributed by atoms with Gasteiger partial charge in [-0.1, -0.05) is 12.1 Å². The van der Waals surface area contributed by atoms with Crippen molar-refractivity contribution in [1.82, 2.24) is 9.97 Å². The fourth-order valence-electron chi connectivity index (χ4n) is 3.27. The number of benzene rings is 2. The number of aromatic nitrogens is 2. The fourth-order valence-corrected chi connectivity index (χ4v) is 3.27. The van der Waals surface area contributed by atoms with Crippen molar-refractivity contribution in [3.8, 4) is 0 Å². The number of carboxylic acids is 1. The number of nitrogens with zero attached hydrogens (tertiary/aromatic N) is 4. The molecular formula is C21H20FN5O2. The van der Waals surface area contributed by atoms with Crippen LogP contribution in [0.15, 0.2) is 60.8 Å². The minimum Gasteiger partial charge on any atom is -0.478 e. The van der Waals surface area contributed by atoms with Crippen LogP contribution in [0.2, 0.25) is 0 Å². The highest BCUT2D eigenvalue weighted by Crippen LogP contribution is 2.22. The van der Waals surface area contributed by atoms with E-state index < -0.39 is 5.97 Å². The van der Waals surface area contributed by atoms with Gasteiger partial charge in [0, 0.05) is 38.1 Å². The number of hydrogen-bond donors (Lipinski definition) is 2. The highest BCUT2D eigenvalue weighted by molar-refractivity contribution is 5.88. The number of carboxylic acid groups (broad SMARTS) is 1. The zero-order valence-corrected chi connectivity index (χ0v) is 15.6. The molecule has 0 unspecified atom stereocenters. The Morgan fingerprint density at radius 2 is 1.66 bits per heavy atom. The monoisotopic (exact) mass is 393 g/mol. The third kappa shape index (κ3) is 4.26. The molecule has 1 aromatic heterocycles. The Balaban J connectivity index is 1.41. The second kappa shape index (κ2) is 8.14. The van der Waals surface area contributed by atoms with Gasteiger partial charge in [0.25, 0.3) is 0 Å². The molecule has 0 radical (unpaired) electrons. The summed E-state index contributed by atoms with van der Waals surface area (Å²) in [5, 5.41) is 12.1. The van der Waals surface area contributed by atoms with Crippen LogP contribution >= 0.6 is 0 Å². The van der Waals surface area contributed by atoms with Crippen LogP contribution in [0.3, 0.4) is 0 Å². The summed E-state index contributed by atoms with van der Waals surface area (Å²) in [6, 6.07) is 15.0. The van der Waals surface area contributed by atoms with Crippen LogP contribution in [0.1, 0.15) is 10.4 Å². The van der Waals surface area contributed by atoms with Crippen molar-refractivity contribution >= 4 is 29.1 Å². The molecule has 0 amide bonds. The number of aromatic carboxylic acids is 1. The molecule has 1 aliphatic rings. The van der Waals surface area contributed by atoms with Gasteiger partial charge < -0.3 is 20.2 Å².